The zero-order valence-electron chi connectivity index (χ0n) is 9.73. The van der Waals surface area contributed by atoms with Gasteiger partial charge in [0.25, 0.3) is 0 Å². The maximum Gasteiger partial charge on any atom is 0.235 e. The fraction of sp³-hybridized carbons (Fsp3) is 0.500. The van der Waals surface area contributed by atoms with Gasteiger partial charge in [-0.1, -0.05) is 24.6 Å². The Balaban J connectivity index is 2.37. The molecule has 2 rings (SSSR count). The SMILES string of the molecule is CCCS(=O)(=O)N1CCc2cc(C)ccc21. The van der Waals surface area contributed by atoms with Crippen molar-refractivity contribution in [1.82, 2.24) is 0 Å². The fourth-order valence-electron chi connectivity index (χ4n) is 2.16. The molecule has 16 heavy (non-hydrogen) atoms. The number of anilines is 1. The maximum absolute atomic E-state index is 12.0. The Morgan fingerprint density at radius 3 is 2.81 bits per heavy atom. The summed E-state index contributed by atoms with van der Waals surface area (Å²) in [5.41, 5.74) is 3.22. The van der Waals surface area contributed by atoms with Gasteiger partial charge in [-0.3, -0.25) is 4.31 Å². The molecule has 0 spiro atoms. The van der Waals surface area contributed by atoms with Gasteiger partial charge < -0.3 is 0 Å². The van der Waals surface area contributed by atoms with Crippen molar-refractivity contribution in [1.29, 1.82) is 0 Å². The molecule has 0 aliphatic carbocycles. The summed E-state index contributed by atoms with van der Waals surface area (Å²) in [5, 5.41) is 0. The summed E-state index contributed by atoms with van der Waals surface area (Å²) in [5.74, 6) is 0.236. The number of hydrogen-bond donors (Lipinski definition) is 0. The van der Waals surface area contributed by atoms with Crippen LogP contribution in [0, 0.1) is 6.92 Å². The van der Waals surface area contributed by atoms with E-state index in [1.165, 1.54) is 5.56 Å². The summed E-state index contributed by atoms with van der Waals surface area (Å²) in [6, 6.07) is 5.97. The third-order valence-electron chi connectivity index (χ3n) is 2.89. The van der Waals surface area contributed by atoms with Crippen LogP contribution in [0.5, 0.6) is 0 Å². The molecule has 0 aromatic heterocycles. The summed E-state index contributed by atoms with van der Waals surface area (Å²) in [6.07, 6.45) is 1.50. The number of fused-ring (bicyclic) bond motifs is 1. The second-order valence-corrected chi connectivity index (χ2v) is 6.28. The van der Waals surface area contributed by atoms with Crippen LogP contribution in [0.2, 0.25) is 0 Å². The lowest BCUT2D eigenvalue weighted by Gasteiger charge is -2.19. The van der Waals surface area contributed by atoms with Crippen molar-refractivity contribution in [3.63, 3.8) is 0 Å². The number of hydrogen-bond acceptors (Lipinski definition) is 2. The third-order valence-corrected chi connectivity index (χ3v) is 4.86. The van der Waals surface area contributed by atoms with E-state index in [1.807, 2.05) is 26.0 Å². The van der Waals surface area contributed by atoms with Gasteiger partial charge in [0.1, 0.15) is 0 Å². The Labute approximate surface area is 97.1 Å². The molecular formula is C12H17NO2S. The number of sulfonamides is 1. The highest BCUT2D eigenvalue weighted by Gasteiger charge is 2.28. The van der Waals surface area contributed by atoms with Crippen LogP contribution in [0.15, 0.2) is 18.2 Å². The molecule has 0 N–H and O–H groups in total. The van der Waals surface area contributed by atoms with Crippen LogP contribution < -0.4 is 4.31 Å². The van der Waals surface area contributed by atoms with Crippen LogP contribution in [0.1, 0.15) is 24.5 Å². The van der Waals surface area contributed by atoms with Gasteiger partial charge in [-0.25, -0.2) is 8.42 Å². The van der Waals surface area contributed by atoms with E-state index in [2.05, 4.69) is 6.07 Å². The lowest BCUT2D eigenvalue weighted by molar-refractivity contribution is 0.591. The van der Waals surface area contributed by atoms with Crippen molar-refractivity contribution < 1.29 is 8.42 Å². The number of benzene rings is 1. The van der Waals surface area contributed by atoms with Gasteiger partial charge in [-0.05, 0) is 31.4 Å². The van der Waals surface area contributed by atoms with Crippen LogP contribution >= 0.6 is 0 Å². The van der Waals surface area contributed by atoms with Gasteiger partial charge in [-0.15, -0.1) is 0 Å². The number of nitrogens with zero attached hydrogens (tertiary/aromatic N) is 1. The summed E-state index contributed by atoms with van der Waals surface area (Å²) in [6.45, 7) is 4.52. The molecule has 4 heteroatoms. The van der Waals surface area contributed by atoms with Crippen LogP contribution in [0.25, 0.3) is 0 Å². The van der Waals surface area contributed by atoms with Gasteiger partial charge in [0.15, 0.2) is 0 Å². The molecule has 0 saturated carbocycles. The standard InChI is InChI=1S/C12H17NO2S/c1-3-8-16(14,15)13-7-6-11-9-10(2)4-5-12(11)13/h4-5,9H,3,6-8H2,1-2H3. The van der Waals surface area contributed by atoms with Gasteiger partial charge >= 0.3 is 0 Å². The van der Waals surface area contributed by atoms with Crippen LogP contribution in [-0.4, -0.2) is 20.7 Å². The van der Waals surface area contributed by atoms with Crippen molar-refractivity contribution in [3.8, 4) is 0 Å². The molecule has 0 amide bonds. The molecule has 1 aliphatic rings. The van der Waals surface area contributed by atoms with E-state index in [0.717, 1.165) is 17.7 Å². The minimum Gasteiger partial charge on any atom is -0.270 e. The normalized spacial score (nSPS) is 15.2. The lowest BCUT2D eigenvalue weighted by atomic mass is 10.1. The van der Waals surface area contributed by atoms with E-state index in [0.29, 0.717) is 13.0 Å². The van der Waals surface area contributed by atoms with Crippen LogP contribution in [-0.2, 0) is 16.4 Å². The first-order chi connectivity index (χ1) is 7.54. The third kappa shape index (κ3) is 1.94. The quantitative estimate of drug-likeness (QED) is 0.810. The Morgan fingerprint density at radius 1 is 1.38 bits per heavy atom. The van der Waals surface area contributed by atoms with Gasteiger partial charge in [0.05, 0.1) is 11.4 Å². The van der Waals surface area contributed by atoms with Crippen molar-refractivity contribution in [2.75, 3.05) is 16.6 Å². The molecule has 1 aromatic carbocycles. The molecule has 0 fully saturated rings. The Bertz CT molecular complexity index is 494. The molecule has 1 aromatic rings. The molecule has 0 saturated heterocycles. The second kappa shape index (κ2) is 4.09. The van der Waals surface area contributed by atoms with E-state index in [-0.39, 0.29) is 5.75 Å². The highest BCUT2D eigenvalue weighted by molar-refractivity contribution is 7.92. The predicted octanol–water partition coefficient (Wildman–Crippen LogP) is 2.10. The van der Waals surface area contributed by atoms with Gasteiger partial charge in [0.2, 0.25) is 10.0 Å². The van der Waals surface area contributed by atoms with Gasteiger partial charge in [-0.2, -0.15) is 0 Å². The van der Waals surface area contributed by atoms with Crippen molar-refractivity contribution in [3.05, 3.63) is 29.3 Å². The largest absolute Gasteiger partial charge is 0.270 e. The van der Waals surface area contributed by atoms with Crippen LogP contribution in [0.4, 0.5) is 5.69 Å². The average Bonchev–Trinajstić information content (AvgIpc) is 2.60. The average molecular weight is 239 g/mol. The van der Waals surface area contributed by atoms with E-state index in [9.17, 15) is 8.42 Å². The maximum atomic E-state index is 12.0. The molecule has 0 unspecified atom stereocenters. The molecule has 1 heterocycles. The minimum atomic E-state index is -3.10. The first-order valence-corrected chi connectivity index (χ1v) is 7.25. The number of rotatable bonds is 3. The Morgan fingerprint density at radius 2 is 2.12 bits per heavy atom. The Hall–Kier alpha value is -1.03. The summed E-state index contributed by atoms with van der Waals surface area (Å²) < 4.78 is 25.6. The molecule has 3 nitrogen and oxygen atoms in total. The smallest absolute Gasteiger partial charge is 0.235 e. The highest BCUT2D eigenvalue weighted by atomic mass is 32.2. The first kappa shape index (κ1) is 11.5. The molecule has 88 valence electrons. The fourth-order valence-corrected chi connectivity index (χ4v) is 3.74. The number of aryl methyl sites for hydroxylation is 1. The van der Waals surface area contributed by atoms with E-state index < -0.39 is 10.0 Å². The van der Waals surface area contributed by atoms with Crippen molar-refractivity contribution in [2.45, 2.75) is 26.7 Å². The second-order valence-electron chi connectivity index (χ2n) is 4.27. The molecule has 0 atom stereocenters. The topological polar surface area (TPSA) is 37.4 Å². The minimum absolute atomic E-state index is 0.236. The van der Waals surface area contributed by atoms with Crippen molar-refractivity contribution >= 4 is 15.7 Å². The molecule has 1 aliphatic heterocycles. The van der Waals surface area contributed by atoms with Crippen molar-refractivity contribution in [2.24, 2.45) is 0 Å². The first-order valence-electron chi connectivity index (χ1n) is 5.64. The van der Waals surface area contributed by atoms with Gasteiger partial charge in [0, 0.05) is 6.54 Å². The molecular weight excluding hydrogens is 222 g/mol. The zero-order valence-corrected chi connectivity index (χ0v) is 10.5. The predicted molar refractivity (Wildman–Crippen MR) is 66.3 cm³/mol. The van der Waals surface area contributed by atoms with E-state index >= 15 is 0 Å². The van der Waals surface area contributed by atoms with E-state index in [4.69, 9.17) is 0 Å². The monoisotopic (exact) mass is 239 g/mol. The lowest BCUT2D eigenvalue weighted by Crippen LogP contribution is -2.31. The molecule has 0 radical (unpaired) electrons. The summed E-state index contributed by atoms with van der Waals surface area (Å²) in [7, 11) is -3.10. The highest BCUT2D eigenvalue weighted by Crippen LogP contribution is 2.31. The van der Waals surface area contributed by atoms with E-state index in [1.54, 1.807) is 4.31 Å². The molecule has 0 bridgehead atoms. The van der Waals surface area contributed by atoms with Crippen LogP contribution in [0.3, 0.4) is 0 Å². The zero-order chi connectivity index (χ0) is 11.8. The summed E-state index contributed by atoms with van der Waals surface area (Å²) in [4.78, 5) is 0. The Kier molecular flexibility index (Phi) is 2.93. The summed E-state index contributed by atoms with van der Waals surface area (Å²) >= 11 is 0.